The summed E-state index contributed by atoms with van der Waals surface area (Å²) in [5.41, 5.74) is 1.12. The molecule has 0 saturated heterocycles. The van der Waals surface area contributed by atoms with Crippen molar-refractivity contribution in [2.45, 2.75) is 26.4 Å². The van der Waals surface area contributed by atoms with Crippen LogP contribution in [0.4, 0.5) is 11.4 Å². The van der Waals surface area contributed by atoms with Crippen molar-refractivity contribution in [1.29, 1.82) is 0 Å². The smallest absolute Gasteiger partial charge is 0.340 e. The zero-order valence-corrected chi connectivity index (χ0v) is 14.1. The Morgan fingerprint density at radius 1 is 1.00 bits per heavy atom. The van der Waals surface area contributed by atoms with Gasteiger partial charge >= 0.3 is 5.97 Å². The average molecular weight is 338 g/mol. The normalized spacial score (nSPS) is 11.1. The summed E-state index contributed by atoms with van der Waals surface area (Å²) < 4.78 is 5.42. The SMILES string of the molecule is CC(C)(C)OC(=O)c1ccccc1Nc1cccc(Cl)c1Cl. The number of anilines is 2. The van der Waals surface area contributed by atoms with Gasteiger partial charge in [-0.1, -0.05) is 41.4 Å². The van der Waals surface area contributed by atoms with Crippen LogP contribution in [0.1, 0.15) is 31.1 Å². The van der Waals surface area contributed by atoms with Gasteiger partial charge in [0.2, 0.25) is 0 Å². The number of esters is 1. The van der Waals surface area contributed by atoms with Gasteiger partial charge in [-0.3, -0.25) is 0 Å². The van der Waals surface area contributed by atoms with Gasteiger partial charge in [0.05, 0.1) is 27.0 Å². The van der Waals surface area contributed by atoms with Crippen LogP contribution in [-0.4, -0.2) is 11.6 Å². The molecular weight excluding hydrogens is 321 g/mol. The molecule has 2 rings (SSSR count). The maximum Gasteiger partial charge on any atom is 0.340 e. The highest BCUT2D eigenvalue weighted by Gasteiger charge is 2.20. The van der Waals surface area contributed by atoms with Crippen LogP contribution in [0.15, 0.2) is 42.5 Å². The molecule has 2 aromatic carbocycles. The minimum absolute atomic E-state index is 0.395. The first-order chi connectivity index (χ1) is 10.3. The van der Waals surface area contributed by atoms with Gasteiger partial charge in [0.25, 0.3) is 0 Å². The fourth-order valence-electron chi connectivity index (χ4n) is 1.85. The quantitative estimate of drug-likeness (QED) is 0.731. The summed E-state index contributed by atoms with van der Waals surface area (Å²) in [7, 11) is 0. The van der Waals surface area contributed by atoms with Crippen LogP contribution < -0.4 is 5.32 Å². The van der Waals surface area contributed by atoms with Crippen molar-refractivity contribution >= 4 is 40.5 Å². The number of carbonyl (C=O) groups is 1. The van der Waals surface area contributed by atoms with Gasteiger partial charge in [-0.05, 0) is 45.0 Å². The monoisotopic (exact) mass is 337 g/mol. The van der Waals surface area contributed by atoms with E-state index in [1.807, 2.05) is 26.8 Å². The fraction of sp³-hybridized carbons (Fsp3) is 0.235. The lowest BCUT2D eigenvalue weighted by Gasteiger charge is -2.21. The van der Waals surface area contributed by atoms with Crippen LogP contribution in [0.5, 0.6) is 0 Å². The topological polar surface area (TPSA) is 38.3 Å². The largest absolute Gasteiger partial charge is 0.456 e. The molecule has 0 fully saturated rings. The summed E-state index contributed by atoms with van der Waals surface area (Å²) >= 11 is 12.2. The van der Waals surface area contributed by atoms with E-state index in [4.69, 9.17) is 27.9 Å². The Morgan fingerprint density at radius 2 is 1.64 bits per heavy atom. The van der Waals surface area contributed by atoms with E-state index in [2.05, 4.69) is 5.32 Å². The van der Waals surface area contributed by atoms with E-state index in [1.165, 1.54) is 0 Å². The Bertz CT molecular complexity index is 693. The first-order valence-corrected chi connectivity index (χ1v) is 7.57. The molecule has 0 bridgehead atoms. The minimum atomic E-state index is -0.558. The van der Waals surface area contributed by atoms with Crippen LogP contribution in [-0.2, 0) is 4.74 Å². The molecule has 116 valence electrons. The molecule has 0 aliphatic rings. The maximum atomic E-state index is 12.3. The molecule has 0 saturated carbocycles. The molecule has 1 N–H and O–H groups in total. The van der Waals surface area contributed by atoms with Gasteiger partial charge in [-0.2, -0.15) is 0 Å². The number of rotatable bonds is 3. The number of ether oxygens (including phenoxy) is 1. The van der Waals surface area contributed by atoms with Gasteiger partial charge in [-0.25, -0.2) is 4.79 Å². The number of benzene rings is 2. The van der Waals surface area contributed by atoms with Crippen LogP contribution in [0.2, 0.25) is 10.0 Å². The van der Waals surface area contributed by atoms with Crippen molar-refractivity contribution in [3.8, 4) is 0 Å². The molecule has 2 aromatic rings. The molecule has 0 amide bonds. The highest BCUT2D eigenvalue weighted by molar-refractivity contribution is 6.43. The molecule has 0 aromatic heterocycles. The summed E-state index contributed by atoms with van der Waals surface area (Å²) in [5.74, 6) is -0.395. The van der Waals surface area contributed by atoms with Crippen molar-refractivity contribution < 1.29 is 9.53 Å². The van der Waals surface area contributed by atoms with Gasteiger partial charge in [0, 0.05) is 0 Å². The third-order valence-corrected chi connectivity index (χ3v) is 3.59. The molecule has 0 heterocycles. The van der Waals surface area contributed by atoms with Gasteiger partial charge in [0.15, 0.2) is 0 Å². The number of para-hydroxylation sites is 1. The van der Waals surface area contributed by atoms with Crippen LogP contribution in [0.25, 0.3) is 0 Å². The van der Waals surface area contributed by atoms with E-state index in [0.29, 0.717) is 27.0 Å². The second-order valence-electron chi connectivity index (χ2n) is 5.77. The first kappa shape index (κ1) is 16.7. The Balaban J connectivity index is 2.33. The third-order valence-electron chi connectivity index (χ3n) is 2.77. The number of hydrogen-bond donors (Lipinski definition) is 1. The van der Waals surface area contributed by atoms with Crippen molar-refractivity contribution in [3.05, 3.63) is 58.1 Å². The summed E-state index contributed by atoms with van der Waals surface area (Å²) in [5, 5.41) is 3.98. The average Bonchev–Trinajstić information content (AvgIpc) is 2.42. The van der Waals surface area contributed by atoms with Crippen molar-refractivity contribution in [2.24, 2.45) is 0 Å². The van der Waals surface area contributed by atoms with Crippen LogP contribution in [0, 0.1) is 0 Å². The first-order valence-electron chi connectivity index (χ1n) is 6.81. The second kappa shape index (κ2) is 6.59. The zero-order valence-electron chi connectivity index (χ0n) is 12.6. The molecule has 0 atom stereocenters. The summed E-state index contributed by atoms with van der Waals surface area (Å²) in [6.45, 7) is 5.48. The van der Waals surface area contributed by atoms with Gasteiger partial charge < -0.3 is 10.1 Å². The maximum absolute atomic E-state index is 12.3. The van der Waals surface area contributed by atoms with E-state index >= 15 is 0 Å². The molecule has 0 spiro atoms. The van der Waals surface area contributed by atoms with Crippen LogP contribution in [0.3, 0.4) is 0 Å². The van der Waals surface area contributed by atoms with Gasteiger partial charge in [-0.15, -0.1) is 0 Å². The lowest BCUT2D eigenvalue weighted by molar-refractivity contribution is 0.00708. The molecule has 22 heavy (non-hydrogen) atoms. The minimum Gasteiger partial charge on any atom is -0.456 e. The van der Waals surface area contributed by atoms with E-state index in [0.717, 1.165) is 0 Å². The molecule has 5 heteroatoms. The van der Waals surface area contributed by atoms with Gasteiger partial charge in [0.1, 0.15) is 5.60 Å². The third kappa shape index (κ3) is 4.15. The Labute approximate surface area is 140 Å². The molecule has 0 radical (unpaired) electrons. The molecule has 0 unspecified atom stereocenters. The summed E-state index contributed by atoms with van der Waals surface area (Å²) in [6.07, 6.45) is 0. The van der Waals surface area contributed by atoms with Crippen molar-refractivity contribution in [2.75, 3.05) is 5.32 Å². The highest BCUT2D eigenvalue weighted by Crippen LogP contribution is 2.33. The number of carbonyl (C=O) groups excluding carboxylic acids is 1. The summed E-state index contributed by atoms with van der Waals surface area (Å²) in [6, 6.07) is 12.4. The molecule has 3 nitrogen and oxygen atoms in total. The number of hydrogen-bond acceptors (Lipinski definition) is 3. The predicted molar refractivity (Wildman–Crippen MR) is 91.4 cm³/mol. The predicted octanol–water partition coefficient (Wildman–Crippen LogP) is 5.69. The Kier molecular flexibility index (Phi) is 4.99. The highest BCUT2D eigenvalue weighted by atomic mass is 35.5. The van der Waals surface area contributed by atoms with Crippen molar-refractivity contribution in [1.82, 2.24) is 0 Å². The van der Waals surface area contributed by atoms with E-state index in [-0.39, 0.29) is 0 Å². The molecule has 0 aliphatic heterocycles. The fourth-order valence-corrected chi connectivity index (χ4v) is 2.20. The van der Waals surface area contributed by atoms with Crippen LogP contribution >= 0.6 is 23.2 Å². The molecular formula is C17H17Cl2NO2. The summed E-state index contributed by atoms with van der Waals surface area (Å²) in [4.78, 5) is 12.3. The van der Waals surface area contributed by atoms with Crippen molar-refractivity contribution in [3.63, 3.8) is 0 Å². The standard InChI is InChI=1S/C17H17Cl2NO2/c1-17(2,3)22-16(21)11-7-4-5-9-13(11)20-14-10-6-8-12(18)15(14)19/h4-10,20H,1-3H3. The lowest BCUT2D eigenvalue weighted by atomic mass is 10.1. The lowest BCUT2D eigenvalue weighted by Crippen LogP contribution is -2.24. The Morgan fingerprint density at radius 3 is 2.32 bits per heavy atom. The molecule has 0 aliphatic carbocycles. The Hall–Kier alpha value is -1.71. The van der Waals surface area contributed by atoms with E-state index in [9.17, 15) is 4.79 Å². The number of halogens is 2. The number of nitrogens with one attached hydrogen (secondary N) is 1. The second-order valence-corrected chi connectivity index (χ2v) is 6.56. The van der Waals surface area contributed by atoms with E-state index < -0.39 is 11.6 Å². The van der Waals surface area contributed by atoms with E-state index in [1.54, 1.807) is 36.4 Å². The zero-order chi connectivity index (χ0) is 16.3.